The molecule has 0 amide bonds. The zero-order valence-electron chi connectivity index (χ0n) is 29.1. The Morgan fingerprint density at radius 1 is 0.121 bits per heavy atom. The molecule has 0 saturated carbocycles. The van der Waals surface area contributed by atoms with Gasteiger partial charge in [-0.25, -0.2) is 0 Å². The molecule has 20 N–H and O–H groups in total. The van der Waals surface area contributed by atoms with Crippen molar-refractivity contribution in [3.05, 3.63) is 0 Å². The topological polar surface area (TPSA) is 886 Å². The van der Waals surface area contributed by atoms with Crippen LogP contribution in [-0.4, -0.2) is 173 Å². The van der Waals surface area contributed by atoms with Crippen molar-refractivity contribution >= 4 is 118 Å². The molecule has 0 heterocycles. The number of nitrogens with zero attached hydrogens (tertiary/aromatic N) is 24. The predicted octanol–water partition coefficient (Wildman–Crippen LogP) is -10.4. The maximum absolute atomic E-state index is 8.58. The Balaban J connectivity index is -0.0000000272. The fourth-order valence-electron chi connectivity index (χ4n) is 1.06. The summed E-state index contributed by atoms with van der Waals surface area (Å²) in [5, 5.41) is 206. The minimum atomic E-state index is -6.17. The van der Waals surface area contributed by atoms with E-state index in [1.165, 1.54) is 0 Å². The Morgan fingerprint density at radius 3 is 0.152 bits per heavy atom. The Labute approximate surface area is 455 Å². The van der Waals surface area contributed by atoms with Gasteiger partial charge in [0.05, 0.1) is 0 Å². The van der Waals surface area contributed by atoms with Gasteiger partial charge in [0.15, 0.2) is 0 Å². The van der Waals surface area contributed by atoms with Crippen molar-refractivity contribution in [1.29, 1.82) is 126 Å². The molecule has 0 aliphatic rings. The van der Waals surface area contributed by atoms with Crippen molar-refractivity contribution in [3.8, 4) is 119 Å². The summed E-state index contributed by atoms with van der Waals surface area (Å²) >= 11 is 0. The molecule has 0 radical (unpaired) electrons. The van der Waals surface area contributed by atoms with E-state index in [4.69, 9.17) is 126 Å². The molecule has 34 nitrogen and oxygen atoms in total. The Morgan fingerprint density at radius 2 is 0.152 bits per heavy atom. The van der Waals surface area contributed by atoms with Gasteiger partial charge in [-0.15, -0.1) is 0 Å². The molecule has 0 aromatic rings. The summed E-state index contributed by atoms with van der Waals surface area (Å²) in [6, 6.07) is 0. The molecule has 42 heteroatoms. The molecule has 0 bridgehead atoms. The molecular weight excluding hydrogens is 1100 g/mol. The van der Waals surface area contributed by atoms with Crippen molar-refractivity contribution in [2.24, 2.45) is 0 Å². The molecule has 0 fully saturated rings. The summed E-state index contributed by atoms with van der Waals surface area (Å²) in [6.07, 6.45) is 0. The average Bonchev–Trinajstić information content (AvgIpc) is 3.27. The van der Waals surface area contributed by atoms with Gasteiger partial charge in [0.25, 0.3) is 0 Å². The molecule has 0 saturated heterocycles. The molecule has 0 aromatic carbocycles. The fourth-order valence-corrected chi connectivity index (χ4v) is 4.37. The second-order valence-corrected chi connectivity index (χ2v) is 29.7. The van der Waals surface area contributed by atoms with Gasteiger partial charge in [-0.05, 0) is 0 Å². The Bertz CT molecular complexity index is 2020. The summed E-state index contributed by atoms with van der Waals surface area (Å²) in [6.45, 7) is 0. The maximum atomic E-state index is 8.58. The zero-order valence-corrected chi connectivity index (χ0v) is 33.6. The van der Waals surface area contributed by atoms with Crippen LogP contribution in [-0.2, 0) is 42.9 Å². The third kappa shape index (κ3) is 14.2. The van der Waals surface area contributed by atoms with Crippen LogP contribution < -0.4 is 0 Å². The zero-order chi connectivity index (χ0) is 42.6. The molecule has 66 heavy (non-hydrogen) atoms. The van der Waals surface area contributed by atoms with E-state index in [2.05, 4.69) is 0 Å². The third-order valence-corrected chi connectivity index (χ3v) is 19.6. The van der Waals surface area contributed by atoms with Crippen molar-refractivity contribution in [2.75, 3.05) is 0 Å². The van der Waals surface area contributed by atoms with Crippen LogP contribution in [0.5, 0.6) is 0 Å². The van der Waals surface area contributed by atoms with Crippen LogP contribution in [0.25, 0.3) is 0 Å². The number of nitriles is 24. The van der Waals surface area contributed by atoms with Crippen LogP contribution in [0, 0.1) is 246 Å². The van der Waals surface area contributed by atoms with Crippen LogP contribution in [0.1, 0.15) is 0 Å². The van der Waals surface area contributed by atoms with E-state index in [1.54, 1.807) is 0 Å². The molecule has 0 spiro atoms. The SMILES string of the molecule is N#[C][Fe]([C]#N)([C]#N)([C]#N)([C]#N)[C]#N.N#[C][Fe]([C]#N)([C]#N)([C]#N)([C]#N)[C]#N.N#[C][Fe]([C]#N)([C]#N)([C]#N)([C]#N)[C]#N.N#[C][Fe]([C]#N)([C]#N)([C]#N)([C]#N)[C]#N.O.O.O.O.O.O.O.O.O.O.[NaH].[NaH].[NaH].[NaH]. The predicted molar refractivity (Wildman–Crippen MR) is 199 cm³/mol. The van der Waals surface area contributed by atoms with Crippen LogP contribution in [0.4, 0.5) is 0 Å². The van der Waals surface area contributed by atoms with Gasteiger partial charge in [-0.1, -0.05) is 0 Å². The number of rotatable bonds is 0. The molecule has 0 unspecified atom stereocenters. The molecule has 0 atom stereocenters. The molecule has 336 valence electrons. The van der Waals surface area contributed by atoms with E-state index in [-0.39, 0.29) is 173 Å². The van der Waals surface area contributed by atoms with Crippen molar-refractivity contribution in [1.82, 2.24) is 0 Å². The first-order valence-electron chi connectivity index (χ1n) is 9.61. The second kappa shape index (κ2) is 32.2. The van der Waals surface area contributed by atoms with Gasteiger partial charge >= 0.3 is 407 Å². The standard InChI is InChI=1S/24CN.4Fe.4Na.10H2O.4H/c24*1-2;;;;;;;;;;;;;;;;;;;;;;/h;;;;;;;;;;;;;;;;;;;;;;;;;;;;;;;;10*1H2;;;;. The molecular formula is C24H24Fe4N24Na4O10. The van der Waals surface area contributed by atoms with Gasteiger partial charge < -0.3 is 54.8 Å². The van der Waals surface area contributed by atoms with E-state index < -0.39 is 42.9 Å². The second-order valence-electron chi connectivity index (χ2n) is 7.20. The van der Waals surface area contributed by atoms with Crippen LogP contribution in [0.3, 0.4) is 0 Å². The van der Waals surface area contributed by atoms with E-state index in [9.17, 15) is 0 Å². The third-order valence-electron chi connectivity index (χ3n) is 4.74. The molecule has 0 rings (SSSR count). The quantitative estimate of drug-likeness (QED) is 0.203. The van der Waals surface area contributed by atoms with Crippen molar-refractivity contribution in [2.45, 2.75) is 0 Å². The first-order valence-corrected chi connectivity index (χ1v) is 22.9. The van der Waals surface area contributed by atoms with E-state index in [0.29, 0.717) is 0 Å². The average molecular weight is 1120 g/mol. The van der Waals surface area contributed by atoms with Gasteiger partial charge in [-0.2, -0.15) is 0 Å². The first-order chi connectivity index (χ1) is 23.9. The van der Waals surface area contributed by atoms with E-state index in [1.807, 2.05) is 0 Å². The summed E-state index contributed by atoms with van der Waals surface area (Å²) in [5.41, 5.74) is 0. The van der Waals surface area contributed by atoms with Gasteiger partial charge in [0, 0.05) is 0 Å². The molecule has 0 aliphatic heterocycles. The van der Waals surface area contributed by atoms with Gasteiger partial charge in [0.1, 0.15) is 0 Å². The first kappa shape index (κ1) is 118. The van der Waals surface area contributed by atoms with Crippen LogP contribution >= 0.6 is 0 Å². The Kier molecular flexibility index (Phi) is 57.6. The minimum absolute atomic E-state index is 0. The van der Waals surface area contributed by atoms with Gasteiger partial charge in [0.2, 0.25) is 0 Å². The fraction of sp³-hybridized carbons (Fsp3) is 0. The van der Waals surface area contributed by atoms with Crippen molar-refractivity contribution < 1.29 is 97.7 Å². The summed E-state index contributed by atoms with van der Waals surface area (Å²) in [5.74, 6) is 0. The summed E-state index contributed by atoms with van der Waals surface area (Å²) in [7, 11) is -24.7. The van der Waals surface area contributed by atoms with Crippen molar-refractivity contribution in [3.63, 3.8) is 0 Å². The molecule has 0 aromatic heterocycles. The van der Waals surface area contributed by atoms with E-state index >= 15 is 0 Å². The Hall–Kier alpha value is -6.56. The normalized spacial score (nSPS) is 10.5. The number of hydrogen-bond donors (Lipinski definition) is 0. The van der Waals surface area contributed by atoms with Gasteiger partial charge in [-0.3, -0.25) is 0 Å². The molecule has 0 aliphatic carbocycles. The van der Waals surface area contributed by atoms with Crippen LogP contribution in [0.2, 0.25) is 0 Å². The summed E-state index contributed by atoms with van der Waals surface area (Å²) < 4.78 is 0. The monoisotopic (exact) mass is 1120 g/mol. The van der Waals surface area contributed by atoms with E-state index in [0.717, 1.165) is 119 Å². The summed E-state index contributed by atoms with van der Waals surface area (Å²) in [4.78, 5) is 24.8. The van der Waals surface area contributed by atoms with Crippen LogP contribution in [0.15, 0.2) is 0 Å². The number of hydrogen-bond acceptors (Lipinski definition) is 24.